The van der Waals surface area contributed by atoms with Gasteiger partial charge < -0.3 is 9.84 Å². The van der Waals surface area contributed by atoms with Crippen LogP contribution in [-0.2, 0) is 17.8 Å². The molecular formula is C16H17ClN6O2. The van der Waals surface area contributed by atoms with E-state index in [1.807, 2.05) is 13.8 Å². The van der Waals surface area contributed by atoms with Crippen LogP contribution >= 0.6 is 11.6 Å². The van der Waals surface area contributed by atoms with Crippen LogP contribution in [0.4, 0.5) is 0 Å². The van der Waals surface area contributed by atoms with Gasteiger partial charge in [0.15, 0.2) is 0 Å². The lowest BCUT2D eigenvalue weighted by atomic mass is 10.1. The number of hydrogen-bond acceptors (Lipinski definition) is 6. The second-order valence-corrected chi connectivity index (χ2v) is 5.99. The van der Waals surface area contributed by atoms with Crippen molar-refractivity contribution in [2.24, 2.45) is 0 Å². The number of rotatable bonds is 6. The van der Waals surface area contributed by atoms with Crippen LogP contribution < -0.4 is 5.32 Å². The van der Waals surface area contributed by atoms with E-state index < -0.39 is 0 Å². The zero-order valence-electron chi connectivity index (χ0n) is 13.9. The van der Waals surface area contributed by atoms with Gasteiger partial charge in [-0.15, -0.1) is 10.2 Å². The third kappa shape index (κ3) is 4.21. The van der Waals surface area contributed by atoms with E-state index in [1.54, 1.807) is 24.3 Å². The van der Waals surface area contributed by atoms with Gasteiger partial charge in [-0.1, -0.05) is 16.8 Å². The fraction of sp³-hybridized carbons (Fsp3) is 0.312. The molecule has 0 unspecified atom stereocenters. The second-order valence-electron chi connectivity index (χ2n) is 5.55. The van der Waals surface area contributed by atoms with E-state index in [0.717, 1.165) is 22.6 Å². The maximum absolute atomic E-state index is 12.0. The monoisotopic (exact) mass is 360 g/mol. The number of amides is 1. The van der Waals surface area contributed by atoms with E-state index in [-0.39, 0.29) is 12.5 Å². The maximum Gasteiger partial charge on any atom is 0.243 e. The summed E-state index contributed by atoms with van der Waals surface area (Å²) in [6.45, 7) is 4.22. The van der Waals surface area contributed by atoms with Crippen molar-refractivity contribution in [1.29, 1.82) is 0 Å². The molecule has 0 radical (unpaired) electrons. The Bertz CT molecular complexity index is 852. The number of carbonyl (C=O) groups excluding carboxylic acids is 1. The Morgan fingerprint density at radius 2 is 2.04 bits per heavy atom. The molecule has 1 aromatic carbocycles. The molecule has 3 aromatic rings. The highest BCUT2D eigenvalue weighted by atomic mass is 35.5. The van der Waals surface area contributed by atoms with Crippen molar-refractivity contribution in [3.05, 3.63) is 46.3 Å². The molecule has 0 fully saturated rings. The number of nitrogens with zero attached hydrogens (tertiary/aromatic N) is 5. The van der Waals surface area contributed by atoms with Crippen LogP contribution in [0.2, 0.25) is 5.02 Å². The van der Waals surface area contributed by atoms with Gasteiger partial charge in [-0.05, 0) is 49.7 Å². The highest BCUT2D eigenvalue weighted by Gasteiger charge is 2.11. The SMILES string of the molecule is Cc1noc(C)c1CCNC(=O)Cn1nnc(-c2ccc(Cl)cc2)n1. The van der Waals surface area contributed by atoms with Crippen molar-refractivity contribution < 1.29 is 9.32 Å². The first-order valence-corrected chi connectivity index (χ1v) is 8.13. The Morgan fingerprint density at radius 1 is 1.28 bits per heavy atom. The van der Waals surface area contributed by atoms with Gasteiger partial charge in [0.2, 0.25) is 11.7 Å². The summed E-state index contributed by atoms with van der Waals surface area (Å²) in [5.74, 6) is 1.03. The van der Waals surface area contributed by atoms with Crippen LogP contribution in [0.3, 0.4) is 0 Å². The Labute approximate surface area is 149 Å². The van der Waals surface area contributed by atoms with Gasteiger partial charge in [-0.25, -0.2) is 0 Å². The van der Waals surface area contributed by atoms with Crippen molar-refractivity contribution in [3.63, 3.8) is 0 Å². The normalized spacial score (nSPS) is 10.8. The summed E-state index contributed by atoms with van der Waals surface area (Å²) in [5, 5.41) is 19.4. The standard InChI is InChI=1S/C16H17ClN6O2/c1-10-14(11(2)25-21-10)7-8-18-15(24)9-23-20-16(19-22-23)12-3-5-13(17)6-4-12/h3-6H,7-9H2,1-2H3,(H,18,24). The summed E-state index contributed by atoms with van der Waals surface area (Å²) in [6.07, 6.45) is 0.660. The van der Waals surface area contributed by atoms with Crippen LogP contribution in [0.15, 0.2) is 28.8 Å². The molecule has 0 atom stereocenters. The minimum atomic E-state index is -0.188. The summed E-state index contributed by atoms with van der Waals surface area (Å²) >= 11 is 5.85. The third-order valence-electron chi connectivity index (χ3n) is 3.72. The fourth-order valence-electron chi connectivity index (χ4n) is 2.39. The molecule has 0 bridgehead atoms. The van der Waals surface area contributed by atoms with E-state index in [1.165, 1.54) is 4.80 Å². The van der Waals surface area contributed by atoms with E-state index in [4.69, 9.17) is 16.1 Å². The number of aromatic nitrogens is 5. The fourth-order valence-corrected chi connectivity index (χ4v) is 2.52. The second kappa shape index (κ2) is 7.43. The van der Waals surface area contributed by atoms with E-state index >= 15 is 0 Å². The van der Waals surface area contributed by atoms with Crippen LogP contribution in [0, 0.1) is 13.8 Å². The maximum atomic E-state index is 12.0. The summed E-state index contributed by atoms with van der Waals surface area (Å²) in [7, 11) is 0. The first kappa shape index (κ1) is 17.1. The Balaban J connectivity index is 1.52. The van der Waals surface area contributed by atoms with Crippen molar-refractivity contribution in [3.8, 4) is 11.4 Å². The molecule has 0 aliphatic rings. The number of tetrazole rings is 1. The molecule has 0 saturated heterocycles. The molecule has 1 amide bonds. The predicted molar refractivity (Wildman–Crippen MR) is 91.0 cm³/mol. The third-order valence-corrected chi connectivity index (χ3v) is 3.97. The van der Waals surface area contributed by atoms with Gasteiger partial charge in [0.25, 0.3) is 0 Å². The smallest absolute Gasteiger partial charge is 0.243 e. The molecule has 0 aliphatic carbocycles. The lowest BCUT2D eigenvalue weighted by molar-refractivity contribution is -0.122. The number of aryl methyl sites for hydroxylation is 2. The highest BCUT2D eigenvalue weighted by molar-refractivity contribution is 6.30. The molecule has 25 heavy (non-hydrogen) atoms. The molecule has 2 aromatic heterocycles. The van der Waals surface area contributed by atoms with E-state index in [0.29, 0.717) is 23.8 Å². The minimum absolute atomic E-state index is 0.00217. The Morgan fingerprint density at radius 3 is 2.72 bits per heavy atom. The molecule has 9 heteroatoms. The minimum Gasteiger partial charge on any atom is -0.361 e. The van der Waals surface area contributed by atoms with Gasteiger partial charge in [0, 0.05) is 22.7 Å². The van der Waals surface area contributed by atoms with Gasteiger partial charge >= 0.3 is 0 Å². The zero-order valence-corrected chi connectivity index (χ0v) is 14.6. The Hall–Kier alpha value is -2.74. The Kier molecular flexibility index (Phi) is 5.08. The predicted octanol–water partition coefficient (Wildman–Crippen LogP) is 1.96. The molecule has 0 saturated carbocycles. The van der Waals surface area contributed by atoms with Crippen LogP contribution in [-0.4, -0.2) is 37.8 Å². The first-order valence-electron chi connectivity index (χ1n) is 7.75. The molecule has 0 aliphatic heterocycles. The highest BCUT2D eigenvalue weighted by Crippen LogP contribution is 2.17. The summed E-state index contributed by atoms with van der Waals surface area (Å²) in [4.78, 5) is 13.3. The van der Waals surface area contributed by atoms with Gasteiger partial charge in [-0.3, -0.25) is 4.79 Å². The molecule has 8 nitrogen and oxygen atoms in total. The van der Waals surface area contributed by atoms with Crippen LogP contribution in [0.1, 0.15) is 17.0 Å². The van der Waals surface area contributed by atoms with Gasteiger partial charge in [-0.2, -0.15) is 4.80 Å². The quantitative estimate of drug-likeness (QED) is 0.721. The van der Waals surface area contributed by atoms with Gasteiger partial charge in [0.05, 0.1) is 5.69 Å². The number of hydrogen-bond donors (Lipinski definition) is 1. The van der Waals surface area contributed by atoms with Crippen molar-refractivity contribution >= 4 is 17.5 Å². The molecule has 130 valence electrons. The summed E-state index contributed by atoms with van der Waals surface area (Å²) in [6, 6.07) is 7.10. The van der Waals surface area contributed by atoms with Crippen molar-refractivity contribution in [2.45, 2.75) is 26.8 Å². The average Bonchev–Trinajstić information content (AvgIpc) is 3.17. The molecule has 0 spiro atoms. The summed E-state index contributed by atoms with van der Waals surface area (Å²) in [5.41, 5.74) is 2.65. The zero-order chi connectivity index (χ0) is 17.8. The topological polar surface area (TPSA) is 98.7 Å². The number of benzene rings is 1. The van der Waals surface area contributed by atoms with Crippen molar-refractivity contribution in [1.82, 2.24) is 30.7 Å². The lowest BCUT2D eigenvalue weighted by Crippen LogP contribution is -2.30. The number of nitrogens with one attached hydrogen (secondary N) is 1. The van der Waals surface area contributed by atoms with E-state index in [9.17, 15) is 4.79 Å². The first-order chi connectivity index (χ1) is 12.0. The van der Waals surface area contributed by atoms with E-state index in [2.05, 4.69) is 25.9 Å². The van der Waals surface area contributed by atoms with Gasteiger partial charge in [0.1, 0.15) is 12.3 Å². The largest absolute Gasteiger partial charge is 0.361 e. The molecular weight excluding hydrogens is 344 g/mol. The number of halogens is 1. The molecule has 2 heterocycles. The van der Waals surface area contributed by atoms with Crippen LogP contribution in [0.25, 0.3) is 11.4 Å². The molecule has 3 rings (SSSR count). The number of carbonyl (C=O) groups is 1. The lowest BCUT2D eigenvalue weighted by Gasteiger charge is -2.04. The molecule has 1 N–H and O–H groups in total. The van der Waals surface area contributed by atoms with Crippen molar-refractivity contribution in [2.75, 3.05) is 6.54 Å². The van der Waals surface area contributed by atoms with Crippen LogP contribution in [0.5, 0.6) is 0 Å². The average molecular weight is 361 g/mol. The summed E-state index contributed by atoms with van der Waals surface area (Å²) < 4.78 is 5.10.